The number of hydrogen-bond donors (Lipinski definition) is 1. The molecule has 0 aromatic heterocycles. The summed E-state index contributed by atoms with van der Waals surface area (Å²) < 4.78 is 0. The molecule has 0 saturated heterocycles. The minimum absolute atomic E-state index is 0.0632. The molecule has 2 aliphatic heterocycles. The summed E-state index contributed by atoms with van der Waals surface area (Å²) in [6.45, 7) is 6.82. The van der Waals surface area contributed by atoms with E-state index < -0.39 is 0 Å². The van der Waals surface area contributed by atoms with Crippen molar-refractivity contribution >= 4 is 23.2 Å². The Kier molecular flexibility index (Phi) is 4.06. The van der Waals surface area contributed by atoms with Gasteiger partial charge in [0.15, 0.2) is 0 Å². The third kappa shape index (κ3) is 2.79. The third-order valence-corrected chi connectivity index (χ3v) is 5.44. The van der Waals surface area contributed by atoms with Gasteiger partial charge in [-0.2, -0.15) is 0 Å². The first-order chi connectivity index (χ1) is 12.4. The summed E-state index contributed by atoms with van der Waals surface area (Å²) in [5.74, 6) is 0.160. The van der Waals surface area contributed by atoms with Crippen LogP contribution >= 0.6 is 0 Å². The Morgan fingerprint density at radius 1 is 0.962 bits per heavy atom. The van der Waals surface area contributed by atoms with E-state index in [0.717, 1.165) is 53.9 Å². The van der Waals surface area contributed by atoms with Crippen molar-refractivity contribution in [3.63, 3.8) is 0 Å². The van der Waals surface area contributed by atoms with Crippen molar-refractivity contribution < 1.29 is 9.59 Å². The van der Waals surface area contributed by atoms with Crippen LogP contribution in [-0.4, -0.2) is 18.4 Å². The number of rotatable bonds is 2. The molecular formula is C22H24N2O2. The van der Waals surface area contributed by atoms with Crippen molar-refractivity contribution in [2.45, 2.75) is 46.5 Å². The molecule has 0 unspecified atom stereocenters. The van der Waals surface area contributed by atoms with Crippen LogP contribution in [0.15, 0.2) is 24.3 Å². The highest BCUT2D eigenvalue weighted by atomic mass is 16.2. The number of nitrogens with zero attached hydrogens (tertiary/aromatic N) is 1. The Labute approximate surface area is 154 Å². The van der Waals surface area contributed by atoms with Crippen LogP contribution in [0.25, 0.3) is 0 Å². The molecule has 2 aromatic carbocycles. The van der Waals surface area contributed by atoms with Crippen molar-refractivity contribution in [3.05, 3.63) is 57.6 Å². The zero-order valence-electron chi connectivity index (χ0n) is 15.6. The maximum atomic E-state index is 12.9. The van der Waals surface area contributed by atoms with Gasteiger partial charge in [-0.15, -0.1) is 0 Å². The molecule has 0 spiro atoms. The molecule has 0 saturated carbocycles. The summed E-state index contributed by atoms with van der Waals surface area (Å²) in [6.07, 6.45) is 3.24. The average Bonchev–Trinajstić information content (AvgIpc) is 2.57. The zero-order chi connectivity index (χ0) is 18.4. The minimum Gasteiger partial charge on any atom is -0.322 e. The van der Waals surface area contributed by atoms with E-state index in [4.69, 9.17) is 0 Å². The van der Waals surface area contributed by atoms with Gasteiger partial charge in [0.1, 0.15) is 0 Å². The van der Waals surface area contributed by atoms with Crippen LogP contribution in [0.2, 0.25) is 0 Å². The molecule has 2 aliphatic rings. The highest BCUT2D eigenvalue weighted by Crippen LogP contribution is 2.38. The van der Waals surface area contributed by atoms with Crippen molar-refractivity contribution in [1.82, 2.24) is 0 Å². The van der Waals surface area contributed by atoms with Crippen molar-refractivity contribution in [3.8, 4) is 0 Å². The zero-order valence-corrected chi connectivity index (χ0v) is 15.6. The Morgan fingerprint density at radius 3 is 2.31 bits per heavy atom. The van der Waals surface area contributed by atoms with E-state index in [9.17, 15) is 9.59 Å². The fourth-order valence-corrected chi connectivity index (χ4v) is 4.46. The Morgan fingerprint density at radius 2 is 1.62 bits per heavy atom. The molecule has 2 aromatic rings. The maximum absolute atomic E-state index is 12.9. The van der Waals surface area contributed by atoms with Crippen LogP contribution < -0.4 is 10.2 Å². The van der Waals surface area contributed by atoms with E-state index in [1.807, 2.05) is 49.9 Å². The van der Waals surface area contributed by atoms with E-state index in [1.165, 1.54) is 16.7 Å². The average molecular weight is 348 g/mol. The van der Waals surface area contributed by atoms with Gasteiger partial charge in [0.05, 0.1) is 5.69 Å². The largest absolute Gasteiger partial charge is 0.322 e. The smallest absolute Gasteiger partial charge is 0.256 e. The summed E-state index contributed by atoms with van der Waals surface area (Å²) in [5.41, 5.74) is 8.18. The number of carbonyl (C=O) groups is 2. The molecule has 2 heterocycles. The second-order valence-electron chi connectivity index (χ2n) is 7.52. The molecule has 0 radical (unpaired) electrons. The van der Waals surface area contributed by atoms with Crippen molar-refractivity contribution in [2.75, 3.05) is 16.8 Å². The lowest BCUT2D eigenvalue weighted by atomic mass is 9.91. The maximum Gasteiger partial charge on any atom is 0.256 e. The van der Waals surface area contributed by atoms with Gasteiger partial charge in [-0.1, -0.05) is 17.7 Å². The molecule has 2 amide bonds. The molecule has 0 fully saturated rings. The van der Waals surface area contributed by atoms with Gasteiger partial charge < -0.3 is 10.2 Å². The quantitative estimate of drug-likeness (QED) is 0.889. The monoisotopic (exact) mass is 348 g/mol. The summed E-state index contributed by atoms with van der Waals surface area (Å²) in [7, 11) is 0. The van der Waals surface area contributed by atoms with Crippen LogP contribution in [0.1, 0.15) is 51.0 Å². The highest BCUT2D eigenvalue weighted by Gasteiger charge is 2.29. The van der Waals surface area contributed by atoms with Crippen molar-refractivity contribution in [1.29, 1.82) is 0 Å². The van der Waals surface area contributed by atoms with E-state index in [-0.39, 0.29) is 11.8 Å². The second kappa shape index (κ2) is 6.27. The van der Waals surface area contributed by atoms with Gasteiger partial charge in [-0.25, -0.2) is 0 Å². The topological polar surface area (TPSA) is 49.4 Å². The van der Waals surface area contributed by atoms with Crippen LogP contribution in [0.3, 0.4) is 0 Å². The summed E-state index contributed by atoms with van der Waals surface area (Å²) >= 11 is 0. The van der Waals surface area contributed by atoms with Crippen molar-refractivity contribution in [2.24, 2.45) is 0 Å². The summed E-state index contributed by atoms with van der Waals surface area (Å²) in [4.78, 5) is 27.0. The van der Waals surface area contributed by atoms with Gasteiger partial charge in [-0.3, -0.25) is 9.59 Å². The van der Waals surface area contributed by atoms with Crippen LogP contribution in [0.4, 0.5) is 11.4 Å². The number of nitrogens with one attached hydrogen (secondary N) is 1. The lowest BCUT2D eigenvalue weighted by molar-refractivity contribution is -0.119. The van der Waals surface area contributed by atoms with Crippen LogP contribution in [0, 0.1) is 20.8 Å². The number of carbonyl (C=O) groups excluding carboxylic acids is 2. The molecule has 4 rings (SSSR count). The van der Waals surface area contributed by atoms with Crippen LogP contribution in [-0.2, 0) is 17.6 Å². The molecule has 0 atom stereocenters. The number of amides is 2. The molecule has 4 heteroatoms. The standard InChI is InChI=1S/C22H24N2O2/c1-13-9-14(2)20(15(3)10-13)22(26)23-18-11-16-5-4-8-24-19(25)7-6-17(12-18)21(16)24/h9-12H,4-8H2,1-3H3,(H,23,26). The summed E-state index contributed by atoms with van der Waals surface area (Å²) in [6, 6.07) is 8.17. The lowest BCUT2D eigenvalue weighted by Crippen LogP contribution is -2.39. The van der Waals surface area contributed by atoms with Gasteiger partial charge in [-0.05, 0) is 74.4 Å². The number of aryl methyl sites for hydroxylation is 5. The number of benzene rings is 2. The molecule has 134 valence electrons. The first-order valence-electron chi connectivity index (χ1n) is 9.29. The number of anilines is 2. The van der Waals surface area contributed by atoms with Gasteiger partial charge in [0, 0.05) is 24.2 Å². The highest BCUT2D eigenvalue weighted by molar-refractivity contribution is 6.07. The van der Waals surface area contributed by atoms with Gasteiger partial charge in [0.25, 0.3) is 5.91 Å². The predicted octanol–water partition coefficient (Wildman–Crippen LogP) is 4.09. The molecule has 0 aliphatic carbocycles. The van der Waals surface area contributed by atoms with E-state index in [0.29, 0.717) is 6.42 Å². The second-order valence-corrected chi connectivity index (χ2v) is 7.52. The van der Waals surface area contributed by atoms with E-state index in [1.54, 1.807) is 0 Å². The Balaban J connectivity index is 1.68. The first-order valence-corrected chi connectivity index (χ1v) is 9.29. The molecule has 26 heavy (non-hydrogen) atoms. The van der Waals surface area contributed by atoms with E-state index in [2.05, 4.69) is 5.32 Å². The first kappa shape index (κ1) is 16.8. The fraction of sp³-hybridized carbons (Fsp3) is 0.364. The SMILES string of the molecule is Cc1cc(C)c(C(=O)Nc2cc3c4c(c2)CCC(=O)N4CCC3)c(C)c1. The van der Waals surface area contributed by atoms with Crippen LogP contribution in [0.5, 0.6) is 0 Å². The molecular weight excluding hydrogens is 324 g/mol. The Bertz CT molecular complexity index is 890. The lowest BCUT2D eigenvalue weighted by Gasteiger charge is -2.35. The number of hydrogen-bond acceptors (Lipinski definition) is 2. The molecule has 0 bridgehead atoms. The minimum atomic E-state index is -0.0632. The Hall–Kier alpha value is -2.62. The predicted molar refractivity (Wildman–Crippen MR) is 104 cm³/mol. The molecule has 1 N–H and O–H groups in total. The van der Waals surface area contributed by atoms with Gasteiger partial charge >= 0.3 is 0 Å². The van der Waals surface area contributed by atoms with Gasteiger partial charge in [0.2, 0.25) is 5.91 Å². The normalized spacial score (nSPS) is 15.7. The summed E-state index contributed by atoms with van der Waals surface area (Å²) in [5, 5.41) is 3.09. The van der Waals surface area contributed by atoms with E-state index >= 15 is 0 Å². The molecule has 4 nitrogen and oxygen atoms in total. The fourth-order valence-electron chi connectivity index (χ4n) is 4.46. The third-order valence-electron chi connectivity index (χ3n) is 5.44.